The molecular formula is C9H8FIO2. The topological polar surface area (TPSA) is 26.3 Å². The van der Waals surface area contributed by atoms with Crippen LogP contribution in [0.3, 0.4) is 0 Å². The van der Waals surface area contributed by atoms with Crippen LogP contribution in [0, 0.1) is 9.39 Å². The van der Waals surface area contributed by atoms with E-state index in [2.05, 4.69) is 0 Å². The molecule has 0 saturated heterocycles. The lowest BCUT2D eigenvalue weighted by Crippen LogP contribution is -2.05. The Morgan fingerprint density at radius 3 is 2.85 bits per heavy atom. The normalized spacial score (nSPS) is 9.77. The Balaban J connectivity index is 2.90. The van der Waals surface area contributed by atoms with E-state index in [4.69, 9.17) is 4.74 Å². The van der Waals surface area contributed by atoms with Crippen molar-refractivity contribution in [2.45, 2.75) is 6.92 Å². The molecule has 0 fully saturated rings. The summed E-state index contributed by atoms with van der Waals surface area (Å²) in [6.45, 7) is 2.01. The van der Waals surface area contributed by atoms with E-state index in [0.717, 1.165) is 0 Å². The van der Waals surface area contributed by atoms with Gasteiger partial charge in [-0.15, -0.1) is 0 Å². The van der Waals surface area contributed by atoms with Crippen LogP contribution in [-0.4, -0.2) is 12.6 Å². The van der Waals surface area contributed by atoms with E-state index in [9.17, 15) is 9.18 Å². The minimum atomic E-state index is -0.488. The van der Waals surface area contributed by atoms with Crippen LogP contribution in [0.2, 0.25) is 0 Å². The van der Waals surface area contributed by atoms with E-state index in [1.54, 1.807) is 19.1 Å². The molecule has 1 aromatic carbocycles. The van der Waals surface area contributed by atoms with Gasteiger partial charge in [0.1, 0.15) is 5.82 Å². The van der Waals surface area contributed by atoms with E-state index < -0.39 is 11.8 Å². The second-order valence-corrected chi connectivity index (χ2v) is 3.51. The van der Waals surface area contributed by atoms with Gasteiger partial charge >= 0.3 is 5.97 Å². The highest BCUT2D eigenvalue weighted by Crippen LogP contribution is 2.13. The first-order valence-electron chi connectivity index (χ1n) is 3.77. The van der Waals surface area contributed by atoms with Crippen molar-refractivity contribution in [3.8, 4) is 0 Å². The minimum Gasteiger partial charge on any atom is -0.462 e. The Kier molecular flexibility index (Phi) is 3.65. The lowest BCUT2D eigenvalue weighted by atomic mass is 10.2. The van der Waals surface area contributed by atoms with E-state index in [0.29, 0.717) is 10.2 Å². The van der Waals surface area contributed by atoms with Crippen molar-refractivity contribution in [3.63, 3.8) is 0 Å². The fraction of sp³-hybridized carbons (Fsp3) is 0.222. The molecule has 0 aromatic heterocycles. The number of halogens is 2. The summed E-state index contributed by atoms with van der Waals surface area (Å²) in [7, 11) is 0. The summed E-state index contributed by atoms with van der Waals surface area (Å²) in [4.78, 5) is 11.1. The van der Waals surface area contributed by atoms with Gasteiger partial charge in [0.05, 0.1) is 12.2 Å². The highest BCUT2D eigenvalue weighted by Gasteiger charge is 2.08. The molecule has 0 saturated carbocycles. The second-order valence-electron chi connectivity index (χ2n) is 2.35. The first kappa shape index (κ1) is 10.4. The van der Waals surface area contributed by atoms with E-state index >= 15 is 0 Å². The Labute approximate surface area is 89.2 Å². The highest BCUT2D eigenvalue weighted by molar-refractivity contribution is 14.1. The van der Waals surface area contributed by atoms with Gasteiger partial charge in [-0.25, -0.2) is 9.18 Å². The summed E-state index contributed by atoms with van der Waals surface area (Å²) in [5, 5.41) is 0. The van der Waals surface area contributed by atoms with Gasteiger partial charge in [-0.1, -0.05) is 0 Å². The van der Waals surface area contributed by atoms with Gasteiger partial charge < -0.3 is 4.74 Å². The number of hydrogen-bond acceptors (Lipinski definition) is 2. The molecule has 1 rings (SSSR count). The highest BCUT2D eigenvalue weighted by atomic mass is 127. The zero-order chi connectivity index (χ0) is 9.84. The molecule has 0 atom stereocenters. The number of carbonyl (C=O) groups is 1. The average molecular weight is 294 g/mol. The zero-order valence-electron chi connectivity index (χ0n) is 7.01. The van der Waals surface area contributed by atoms with Gasteiger partial charge in [0.15, 0.2) is 0 Å². The zero-order valence-corrected chi connectivity index (χ0v) is 9.17. The Morgan fingerprint density at radius 2 is 2.31 bits per heavy atom. The number of ether oxygens (including phenoxy) is 1. The third-order valence-corrected chi connectivity index (χ3v) is 2.31. The Morgan fingerprint density at radius 1 is 1.62 bits per heavy atom. The summed E-state index contributed by atoms with van der Waals surface area (Å²) in [6.07, 6.45) is 0. The molecule has 0 radical (unpaired) electrons. The van der Waals surface area contributed by atoms with Gasteiger partial charge in [-0.05, 0) is 47.7 Å². The van der Waals surface area contributed by atoms with E-state index in [1.807, 2.05) is 22.6 Å². The molecule has 0 unspecified atom stereocenters. The lowest BCUT2D eigenvalue weighted by Gasteiger charge is -2.01. The molecule has 4 heteroatoms. The summed E-state index contributed by atoms with van der Waals surface area (Å²) < 4.78 is 18.2. The molecule has 70 valence electrons. The van der Waals surface area contributed by atoms with Crippen LogP contribution in [0.1, 0.15) is 17.3 Å². The van der Waals surface area contributed by atoms with Crippen molar-refractivity contribution in [2.75, 3.05) is 6.61 Å². The SMILES string of the molecule is CCOC(=O)c1ccc(I)c(F)c1. The molecule has 0 aliphatic rings. The van der Waals surface area contributed by atoms with Crippen molar-refractivity contribution in [1.29, 1.82) is 0 Å². The fourth-order valence-electron chi connectivity index (χ4n) is 0.838. The number of carbonyl (C=O) groups excluding carboxylic acids is 1. The first-order chi connectivity index (χ1) is 6.15. The number of benzene rings is 1. The quantitative estimate of drug-likeness (QED) is 0.619. The van der Waals surface area contributed by atoms with Crippen LogP contribution in [0.4, 0.5) is 4.39 Å². The van der Waals surface area contributed by atoms with Crippen LogP contribution in [0.15, 0.2) is 18.2 Å². The third kappa shape index (κ3) is 2.65. The van der Waals surface area contributed by atoms with Crippen molar-refractivity contribution in [1.82, 2.24) is 0 Å². The Hall–Kier alpha value is -0.650. The molecule has 1 aromatic rings. The Bertz CT molecular complexity index is 325. The molecule has 13 heavy (non-hydrogen) atoms. The fourth-order valence-corrected chi connectivity index (χ4v) is 1.17. The second kappa shape index (κ2) is 4.55. The predicted molar refractivity (Wildman–Crippen MR) is 55.1 cm³/mol. The summed E-state index contributed by atoms with van der Waals surface area (Å²) in [5.74, 6) is -0.885. The molecular weight excluding hydrogens is 286 g/mol. The van der Waals surface area contributed by atoms with Crippen LogP contribution < -0.4 is 0 Å². The summed E-state index contributed by atoms with van der Waals surface area (Å²) in [5.41, 5.74) is 0.250. The van der Waals surface area contributed by atoms with Crippen molar-refractivity contribution in [2.24, 2.45) is 0 Å². The van der Waals surface area contributed by atoms with Gasteiger partial charge in [-0.3, -0.25) is 0 Å². The summed E-state index contributed by atoms with van der Waals surface area (Å²) in [6, 6.07) is 4.27. The van der Waals surface area contributed by atoms with E-state index in [1.165, 1.54) is 6.07 Å². The van der Waals surface area contributed by atoms with Gasteiger partial charge in [0.2, 0.25) is 0 Å². The molecule has 0 bridgehead atoms. The minimum absolute atomic E-state index is 0.250. The number of esters is 1. The number of rotatable bonds is 2. The first-order valence-corrected chi connectivity index (χ1v) is 4.85. The standard InChI is InChI=1S/C9H8FIO2/c1-2-13-9(12)6-3-4-8(11)7(10)5-6/h3-5H,2H2,1H3. The molecule has 0 aliphatic carbocycles. The molecule has 0 aliphatic heterocycles. The van der Waals surface area contributed by atoms with Crippen molar-refractivity contribution >= 4 is 28.6 Å². The third-order valence-electron chi connectivity index (χ3n) is 1.43. The molecule has 0 amide bonds. The van der Waals surface area contributed by atoms with Gasteiger partial charge in [0, 0.05) is 3.57 Å². The van der Waals surface area contributed by atoms with Gasteiger partial charge in [-0.2, -0.15) is 0 Å². The van der Waals surface area contributed by atoms with Gasteiger partial charge in [0.25, 0.3) is 0 Å². The number of hydrogen-bond donors (Lipinski definition) is 0. The maximum atomic E-state index is 13.0. The molecule has 0 heterocycles. The van der Waals surface area contributed by atoms with E-state index in [-0.39, 0.29) is 5.56 Å². The molecule has 0 spiro atoms. The molecule has 0 N–H and O–H groups in total. The lowest BCUT2D eigenvalue weighted by molar-refractivity contribution is 0.0526. The maximum absolute atomic E-state index is 13.0. The summed E-state index contributed by atoms with van der Waals surface area (Å²) >= 11 is 1.86. The predicted octanol–water partition coefficient (Wildman–Crippen LogP) is 2.61. The maximum Gasteiger partial charge on any atom is 0.338 e. The van der Waals surface area contributed by atoms with Crippen molar-refractivity contribution in [3.05, 3.63) is 33.1 Å². The monoisotopic (exact) mass is 294 g/mol. The van der Waals surface area contributed by atoms with Crippen LogP contribution in [-0.2, 0) is 4.74 Å². The van der Waals surface area contributed by atoms with Crippen LogP contribution in [0.25, 0.3) is 0 Å². The largest absolute Gasteiger partial charge is 0.462 e. The average Bonchev–Trinajstić information content (AvgIpc) is 2.10. The van der Waals surface area contributed by atoms with Crippen LogP contribution >= 0.6 is 22.6 Å². The van der Waals surface area contributed by atoms with Crippen molar-refractivity contribution < 1.29 is 13.9 Å². The molecule has 2 nitrogen and oxygen atoms in total. The smallest absolute Gasteiger partial charge is 0.338 e. The van der Waals surface area contributed by atoms with Crippen LogP contribution in [0.5, 0.6) is 0 Å².